The van der Waals surface area contributed by atoms with Crippen molar-refractivity contribution < 1.29 is 28.5 Å². The van der Waals surface area contributed by atoms with E-state index in [0.29, 0.717) is 23.8 Å². The molecule has 138 valence electrons. The van der Waals surface area contributed by atoms with Gasteiger partial charge in [-0.25, -0.2) is 4.79 Å². The molecule has 0 aliphatic heterocycles. The average molecular weight is 359 g/mol. The van der Waals surface area contributed by atoms with Crippen LogP contribution in [0.25, 0.3) is 0 Å². The summed E-state index contributed by atoms with van der Waals surface area (Å²) < 4.78 is 20.4. The second-order valence-corrected chi connectivity index (χ2v) is 5.27. The van der Waals surface area contributed by atoms with Gasteiger partial charge in [-0.2, -0.15) is 0 Å². The maximum Gasteiger partial charge on any atom is 0.338 e. The van der Waals surface area contributed by atoms with Crippen LogP contribution in [0.1, 0.15) is 15.9 Å². The highest BCUT2D eigenvalue weighted by Crippen LogP contribution is 2.27. The molecule has 0 unspecified atom stereocenters. The quantitative estimate of drug-likeness (QED) is 0.728. The molecule has 1 amide bonds. The van der Waals surface area contributed by atoms with E-state index in [1.807, 2.05) is 24.3 Å². The first-order chi connectivity index (χ1) is 12.6. The third kappa shape index (κ3) is 5.14. The molecule has 0 bridgehead atoms. The Kier molecular flexibility index (Phi) is 6.84. The molecule has 2 aromatic rings. The second kappa shape index (κ2) is 9.31. The maximum atomic E-state index is 12.1. The van der Waals surface area contributed by atoms with Gasteiger partial charge in [-0.15, -0.1) is 0 Å². The first-order valence-corrected chi connectivity index (χ1v) is 7.86. The number of carbonyl (C=O) groups is 2. The largest absolute Gasteiger partial charge is 0.497 e. The fourth-order valence-electron chi connectivity index (χ4n) is 2.21. The van der Waals surface area contributed by atoms with Gasteiger partial charge in [-0.05, 0) is 35.9 Å². The summed E-state index contributed by atoms with van der Waals surface area (Å²) in [6.45, 7) is -0.0684. The molecule has 26 heavy (non-hydrogen) atoms. The summed E-state index contributed by atoms with van der Waals surface area (Å²) in [6, 6.07) is 12.0. The predicted molar refractivity (Wildman–Crippen MR) is 94.7 cm³/mol. The van der Waals surface area contributed by atoms with Gasteiger partial charge in [0.15, 0.2) is 18.1 Å². The topological polar surface area (TPSA) is 83.1 Å². The first kappa shape index (κ1) is 19.1. The van der Waals surface area contributed by atoms with Gasteiger partial charge in [-0.3, -0.25) is 4.79 Å². The summed E-state index contributed by atoms with van der Waals surface area (Å²) in [4.78, 5) is 23.9. The van der Waals surface area contributed by atoms with Crippen LogP contribution in [-0.2, 0) is 16.1 Å². The zero-order valence-electron chi connectivity index (χ0n) is 14.9. The molecule has 0 saturated heterocycles. The van der Waals surface area contributed by atoms with Gasteiger partial charge < -0.3 is 24.3 Å². The molecule has 0 spiro atoms. The van der Waals surface area contributed by atoms with Crippen molar-refractivity contribution in [3.05, 3.63) is 53.6 Å². The minimum absolute atomic E-state index is 0.267. The van der Waals surface area contributed by atoms with E-state index in [4.69, 9.17) is 18.9 Å². The second-order valence-electron chi connectivity index (χ2n) is 5.27. The number of methoxy groups -OCH3 is 3. The minimum atomic E-state index is -0.623. The van der Waals surface area contributed by atoms with Crippen LogP contribution in [0.3, 0.4) is 0 Å². The Bertz CT molecular complexity index is 774. The predicted octanol–water partition coefficient (Wildman–Crippen LogP) is 2.19. The van der Waals surface area contributed by atoms with Crippen molar-refractivity contribution in [2.75, 3.05) is 27.9 Å². The number of hydrogen-bond acceptors (Lipinski definition) is 6. The number of hydrogen-bond donors (Lipinski definition) is 1. The van der Waals surface area contributed by atoms with E-state index in [0.717, 1.165) is 5.56 Å². The third-order valence-corrected chi connectivity index (χ3v) is 3.58. The van der Waals surface area contributed by atoms with Crippen molar-refractivity contribution >= 4 is 11.9 Å². The number of rotatable bonds is 8. The fraction of sp³-hybridized carbons (Fsp3) is 0.263. The molecular formula is C19H21NO6. The van der Waals surface area contributed by atoms with E-state index in [-0.39, 0.29) is 12.2 Å². The van der Waals surface area contributed by atoms with Crippen LogP contribution in [0.2, 0.25) is 0 Å². The molecule has 0 saturated carbocycles. The summed E-state index contributed by atoms with van der Waals surface area (Å²) in [5.41, 5.74) is 1.15. The van der Waals surface area contributed by atoms with E-state index in [9.17, 15) is 9.59 Å². The lowest BCUT2D eigenvalue weighted by molar-refractivity contribution is -0.124. The monoisotopic (exact) mass is 359 g/mol. The number of carbonyl (C=O) groups excluding carboxylic acids is 2. The highest BCUT2D eigenvalue weighted by molar-refractivity contribution is 5.92. The summed E-state index contributed by atoms with van der Waals surface area (Å²) >= 11 is 0. The van der Waals surface area contributed by atoms with Crippen LogP contribution < -0.4 is 19.5 Å². The fourth-order valence-corrected chi connectivity index (χ4v) is 2.21. The molecule has 0 aliphatic carbocycles. The third-order valence-electron chi connectivity index (χ3n) is 3.58. The molecule has 0 radical (unpaired) electrons. The number of amides is 1. The summed E-state index contributed by atoms with van der Waals surface area (Å²) in [7, 11) is 4.55. The van der Waals surface area contributed by atoms with Crippen molar-refractivity contribution in [2.45, 2.75) is 6.54 Å². The Hall–Kier alpha value is -3.22. The van der Waals surface area contributed by atoms with Gasteiger partial charge in [-0.1, -0.05) is 12.1 Å². The first-order valence-electron chi connectivity index (χ1n) is 7.86. The zero-order chi connectivity index (χ0) is 18.9. The Morgan fingerprint density at radius 2 is 1.69 bits per heavy atom. The molecular weight excluding hydrogens is 338 g/mol. The Balaban J connectivity index is 1.85. The van der Waals surface area contributed by atoms with E-state index in [1.54, 1.807) is 13.2 Å². The number of ether oxygens (including phenoxy) is 4. The van der Waals surface area contributed by atoms with Gasteiger partial charge in [0, 0.05) is 6.54 Å². The van der Waals surface area contributed by atoms with Gasteiger partial charge in [0.25, 0.3) is 5.91 Å². The van der Waals surface area contributed by atoms with Crippen molar-refractivity contribution in [2.24, 2.45) is 0 Å². The van der Waals surface area contributed by atoms with Crippen molar-refractivity contribution in [3.8, 4) is 17.2 Å². The van der Waals surface area contributed by atoms with Crippen LogP contribution in [0.5, 0.6) is 17.2 Å². The maximum absolute atomic E-state index is 12.1. The van der Waals surface area contributed by atoms with Gasteiger partial charge >= 0.3 is 5.97 Å². The normalized spacial score (nSPS) is 9.96. The van der Waals surface area contributed by atoms with Gasteiger partial charge in [0.1, 0.15) is 5.75 Å². The van der Waals surface area contributed by atoms with Crippen molar-refractivity contribution in [1.29, 1.82) is 0 Å². The Labute approximate surface area is 151 Å². The van der Waals surface area contributed by atoms with Crippen LogP contribution in [0, 0.1) is 0 Å². The average Bonchev–Trinajstić information content (AvgIpc) is 2.69. The molecule has 0 heterocycles. The van der Waals surface area contributed by atoms with Crippen LogP contribution in [-0.4, -0.2) is 39.8 Å². The molecule has 0 atom stereocenters. The smallest absolute Gasteiger partial charge is 0.338 e. The van der Waals surface area contributed by atoms with Crippen molar-refractivity contribution in [1.82, 2.24) is 5.32 Å². The molecule has 0 fully saturated rings. The standard InChI is InChI=1S/C19H21NO6/c1-23-15-6-4-5-13(9-15)11-20-18(21)12-26-19(22)14-7-8-16(24-2)17(10-14)25-3/h4-10H,11-12H2,1-3H3,(H,20,21). The Morgan fingerprint density at radius 1 is 0.923 bits per heavy atom. The van der Waals surface area contributed by atoms with Crippen LogP contribution in [0.15, 0.2) is 42.5 Å². The van der Waals surface area contributed by atoms with Gasteiger partial charge in [0.05, 0.1) is 26.9 Å². The highest BCUT2D eigenvalue weighted by atomic mass is 16.5. The highest BCUT2D eigenvalue weighted by Gasteiger charge is 2.13. The summed E-state index contributed by atoms with van der Waals surface area (Å²) in [6.07, 6.45) is 0. The van der Waals surface area contributed by atoms with E-state index < -0.39 is 11.9 Å². The number of esters is 1. The SMILES string of the molecule is COc1cccc(CNC(=O)COC(=O)c2ccc(OC)c(OC)c2)c1. The lowest BCUT2D eigenvalue weighted by Crippen LogP contribution is -2.28. The number of benzene rings is 2. The number of nitrogens with one attached hydrogen (secondary N) is 1. The zero-order valence-corrected chi connectivity index (χ0v) is 14.9. The van der Waals surface area contributed by atoms with Crippen LogP contribution in [0.4, 0.5) is 0 Å². The molecule has 2 aromatic carbocycles. The summed E-state index contributed by atoms with van der Waals surface area (Å²) in [5, 5.41) is 2.68. The van der Waals surface area contributed by atoms with E-state index in [1.165, 1.54) is 26.4 Å². The summed E-state index contributed by atoms with van der Waals surface area (Å²) in [5.74, 6) is 0.588. The lowest BCUT2D eigenvalue weighted by Gasteiger charge is -2.10. The molecule has 7 nitrogen and oxygen atoms in total. The van der Waals surface area contributed by atoms with Crippen molar-refractivity contribution in [3.63, 3.8) is 0 Å². The van der Waals surface area contributed by atoms with Gasteiger partial charge in [0.2, 0.25) is 0 Å². The molecule has 1 N–H and O–H groups in total. The molecule has 0 aromatic heterocycles. The van der Waals surface area contributed by atoms with E-state index >= 15 is 0 Å². The molecule has 2 rings (SSSR count). The van der Waals surface area contributed by atoms with E-state index in [2.05, 4.69) is 5.32 Å². The van der Waals surface area contributed by atoms with Crippen LogP contribution >= 0.6 is 0 Å². The minimum Gasteiger partial charge on any atom is -0.497 e. The Morgan fingerprint density at radius 3 is 2.38 bits per heavy atom. The molecule has 7 heteroatoms. The lowest BCUT2D eigenvalue weighted by atomic mass is 10.2. The molecule has 0 aliphatic rings.